The number of piperidine rings is 2. The van der Waals surface area contributed by atoms with Gasteiger partial charge in [0.05, 0.1) is 0 Å². The van der Waals surface area contributed by atoms with Gasteiger partial charge in [-0.05, 0) is 25.7 Å². The highest BCUT2D eigenvalue weighted by Crippen LogP contribution is 2.39. The lowest BCUT2D eigenvalue weighted by Crippen LogP contribution is -2.55. The lowest BCUT2D eigenvalue weighted by Gasteiger charge is -2.48. The minimum Gasteiger partial charge on any atom is -0.365 e. The van der Waals surface area contributed by atoms with Gasteiger partial charge in [-0.15, -0.1) is 11.3 Å². The number of anilines is 1. The number of hydrogen-bond donors (Lipinski definition) is 1. The van der Waals surface area contributed by atoms with Crippen molar-refractivity contribution < 1.29 is 9.59 Å². The molecule has 1 spiro atoms. The van der Waals surface area contributed by atoms with Crippen molar-refractivity contribution in [3.8, 4) is 0 Å². The van der Waals surface area contributed by atoms with Crippen molar-refractivity contribution in [1.29, 1.82) is 0 Å². The monoisotopic (exact) mass is 364 g/mol. The number of nitrogens with zero attached hydrogens (tertiary/aromatic N) is 3. The van der Waals surface area contributed by atoms with Crippen molar-refractivity contribution in [1.82, 2.24) is 14.8 Å². The molecule has 3 heterocycles. The third kappa shape index (κ3) is 3.97. The molecular weight excluding hydrogens is 336 g/mol. The summed E-state index contributed by atoms with van der Waals surface area (Å²) < 4.78 is 0. The summed E-state index contributed by atoms with van der Waals surface area (Å²) in [5.41, 5.74) is 0.596. The standard InChI is InChI=1S/C18H28N4O2S/c1-3-4-9-21-12-18(8-6-15(21)23)7-5-10-22(13-18)16(24)14-11-25-17(19-2)20-14/h11H,3-10,12-13H2,1-2H3,(H,19,20). The summed E-state index contributed by atoms with van der Waals surface area (Å²) in [6.07, 6.45) is 5.77. The topological polar surface area (TPSA) is 65.5 Å². The van der Waals surface area contributed by atoms with E-state index in [1.807, 2.05) is 22.2 Å². The van der Waals surface area contributed by atoms with Crippen LogP contribution < -0.4 is 5.32 Å². The molecular formula is C18H28N4O2S. The van der Waals surface area contributed by atoms with Gasteiger partial charge in [0.2, 0.25) is 5.91 Å². The number of amides is 2. The van der Waals surface area contributed by atoms with Gasteiger partial charge < -0.3 is 15.1 Å². The van der Waals surface area contributed by atoms with Crippen LogP contribution in [0.5, 0.6) is 0 Å². The molecule has 0 radical (unpaired) electrons. The highest BCUT2D eigenvalue weighted by Gasteiger charge is 2.42. The maximum absolute atomic E-state index is 12.8. The van der Waals surface area contributed by atoms with Gasteiger partial charge in [-0.3, -0.25) is 9.59 Å². The van der Waals surface area contributed by atoms with Gasteiger partial charge in [-0.25, -0.2) is 4.98 Å². The number of unbranched alkanes of at least 4 members (excludes halogenated alkanes) is 1. The van der Waals surface area contributed by atoms with Crippen molar-refractivity contribution in [3.05, 3.63) is 11.1 Å². The maximum Gasteiger partial charge on any atom is 0.273 e. The van der Waals surface area contributed by atoms with Crippen molar-refractivity contribution in [3.63, 3.8) is 0 Å². The first-order valence-corrected chi connectivity index (χ1v) is 10.2. The van der Waals surface area contributed by atoms with Crippen molar-refractivity contribution >= 4 is 28.3 Å². The predicted octanol–water partition coefficient (Wildman–Crippen LogP) is 2.83. The van der Waals surface area contributed by atoms with Crippen LogP contribution in [-0.4, -0.2) is 59.8 Å². The lowest BCUT2D eigenvalue weighted by molar-refractivity contribution is -0.139. The Kier molecular flexibility index (Phi) is 5.61. The van der Waals surface area contributed by atoms with Gasteiger partial charge in [0.25, 0.3) is 5.91 Å². The summed E-state index contributed by atoms with van der Waals surface area (Å²) in [6.45, 7) is 5.33. The van der Waals surface area contributed by atoms with E-state index in [4.69, 9.17) is 0 Å². The van der Waals surface area contributed by atoms with Crippen molar-refractivity contribution in [2.24, 2.45) is 5.41 Å². The number of likely N-dealkylation sites (tertiary alicyclic amines) is 2. The van der Waals surface area contributed by atoms with Gasteiger partial charge in [0.1, 0.15) is 5.69 Å². The molecule has 138 valence electrons. The Morgan fingerprint density at radius 2 is 2.24 bits per heavy atom. The molecule has 7 heteroatoms. The van der Waals surface area contributed by atoms with E-state index in [0.717, 1.165) is 63.4 Å². The molecule has 1 atom stereocenters. The van der Waals surface area contributed by atoms with Gasteiger partial charge in [-0.1, -0.05) is 13.3 Å². The quantitative estimate of drug-likeness (QED) is 0.872. The SMILES string of the molecule is CCCCN1CC2(CCCN(C(=O)c3csc(NC)n3)C2)CCC1=O. The second-order valence-electron chi connectivity index (χ2n) is 7.29. The van der Waals surface area contributed by atoms with E-state index in [1.165, 1.54) is 11.3 Å². The normalized spacial score (nSPS) is 24.0. The largest absolute Gasteiger partial charge is 0.365 e. The number of hydrogen-bond acceptors (Lipinski definition) is 5. The molecule has 6 nitrogen and oxygen atoms in total. The van der Waals surface area contributed by atoms with Crippen LogP contribution in [0.1, 0.15) is 55.9 Å². The lowest BCUT2D eigenvalue weighted by atomic mass is 9.73. The highest BCUT2D eigenvalue weighted by molar-refractivity contribution is 7.13. The van der Waals surface area contributed by atoms with E-state index < -0.39 is 0 Å². The molecule has 0 aliphatic carbocycles. The first kappa shape index (κ1) is 18.2. The second kappa shape index (κ2) is 7.72. The Labute approximate surface area is 153 Å². The molecule has 0 bridgehead atoms. The van der Waals surface area contributed by atoms with Gasteiger partial charge in [0, 0.05) is 50.4 Å². The average molecular weight is 365 g/mol. The zero-order valence-electron chi connectivity index (χ0n) is 15.2. The Balaban J connectivity index is 1.69. The first-order chi connectivity index (χ1) is 12.1. The van der Waals surface area contributed by atoms with Crippen LogP contribution in [-0.2, 0) is 4.79 Å². The van der Waals surface area contributed by atoms with E-state index in [9.17, 15) is 9.59 Å². The molecule has 2 saturated heterocycles. The molecule has 3 rings (SSSR count). The van der Waals surface area contributed by atoms with Crippen LogP contribution >= 0.6 is 11.3 Å². The van der Waals surface area contributed by atoms with E-state index >= 15 is 0 Å². The minimum atomic E-state index is 0.0221. The van der Waals surface area contributed by atoms with Crippen LogP contribution in [0.3, 0.4) is 0 Å². The Morgan fingerprint density at radius 3 is 2.96 bits per heavy atom. The van der Waals surface area contributed by atoms with Crippen LogP contribution in [0.4, 0.5) is 5.13 Å². The molecule has 0 saturated carbocycles. The number of carbonyl (C=O) groups is 2. The summed E-state index contributed by atoms with van der Waals surface area (Å²) in [7, 11) is 1.81. The number of aromatic nitrogens is 1. The van der Waals surface area contributed by atoms with Crippen molar-refractivity contribution in [2.75, 3.05) is 38.5 Å². The highest BCUT2D eigenvalue weighted by atomic mass is 32.1. The predicted molar refractivity (Wildman–Crippen MR) is 100.0 cm³/mol. The zero-order chi connectivity index (χ0) is 17.9. The molecule has 1 aromatic heterocycles. The number of rotatable bonds is 5. The van der Waals surface area contributed by atoms with Gasteiger partial charge in [-0.2, -0.15) is 0 Å². The summed E-state index contributed by atoms with van der Waals surface area (Å²) in [5, 5.41) is 5.58. The molecule has 2 aliphatic heterocycles. The number of thiazole rings is 1. The molecule has 1 N–H and O–H groups in total. The van der Waals surface area contributed by atoms with Gasteiger partial charge >= 0.3 is 0 Å². The van der Waals surface area contributed by atoms with E-state index in [-0.39, 0.29) is 17.2 Å². The van der Waals surface area contributed by atoms with Gasteiger partial charge in [0.15, 0.2) is 5.13 Å². The minimum absolute atomic E-state index is 0.0221. The smallest absolute Gasteiger partial charge is 0.273 e. The molecule has 2 aliphatic rings. The van der Waals surface area contributed by atoms with Crippen LogP contribution in [0.15, 0.2) is 5.38 Å². The fourth-order valence-corrected chi connectivity index (χ4v) is 4.66. The van der Waals surface area contributed by atoms with E-state index in [0.29, 0.717) is 12.1 Å². The Bertz CT molecular complexity index is 632. The second-order valence-corrected chi connectivity index (χ2v) is 8.15. The summed E-state index contributed by atoms with van der Waals surface area (Å²) in [5.74, 6) is 0.300. The molecule has 1 aromatic rings. The van der Waals surface area contributed by atoms with Crippen LogP contribution in [0, 0.1) is 5.41 Å². The fraction of sp³-hybridized carbons (Fsp3) is 0.722. The maximum atomic E-state index is 12.8. The summed E-state index contributed by atoms with van der Waals surface area (Å²) in [4.78, 5) is 33.4. The Hall–Kier alpha value is -1.63. The van der Waals surface area contributed by atoms with Crippen molar-refractivity contribution in [2.45, 2.75) is 45.4 Å². The van der Waals surface area contributed by atoms with Crippen LogP contribution in [0.2, 0.25) is 0 Å². The third-order valence-electron chi connectivity index (χ3n) is 5.42. The third-order valence-corrected chi connectivity index (χ3v) is 6.28. The number of nitrogens with one attached hydrogen (secondary N) is 1. The van der Waals surface area contributed by atoms with E-state index in [1.54, 1.807) is 0 Å². The molecule has 2 fully saturated rings. The summed E-state index contributed by atoms with van der Waals surface area (Å²) in [6, 6.07) is 0. The van der Waals surface area contributed by atoms with Crippen LogP contribution in [0.25, 0.3) is 0 Å². The number of carbonyl (C=O) groups excluding carboxylic acids is 2. The molecule has 25 heavy (non-hydrogen) atoms. The van der Waals surface area contributed by atoms with E-state index in [2.05, 4.69) is 17.2 Å². The molecule has 1 unspecified atom stereocenters. The summed E-state index contributed by atoms with van der Waals surface area (Å²) >= 11 is 1.46. The molecule has 0 aromatic carbocycles. The zero-order valence-corrected chi connectivity index (χ0v) is 16.0. The average Bonchev–Trinajstić information content (AvgIpc) is 3.11. The Morgan fingerprint density at radius 1 is 1.40 bits per heavy atom. The fourth-order valence-electron chi connectivity index (χ4n) is 4.02. The molecule has 2 amide bonds. The first-order valence-electron chi connectivity index (χ1n) is 9.27.